The molecule has 0 aliphatic carbocycles. The molecule has 4 heteroatoms. The van der Waals surface area contributed by atoms with E-state index in [1.165, 1.54) is 0 Å². The van der Waals surface area contributed by atoms with Crippen LogP contribution in [0.25, 0.3) is 0 Å². The Morgan fingerprint density at radius 3 is 2.27 bits per heavy atom. The highest BCUT2D eigenvalue weighted by Gasteiger charge is 1.89. The molecule has 0 unspecified atom stereocenters. The van der Waals surface area contributed by atoms with Crippen LogP contribution in [0.2, 0.25) is 0 Å². The lowest BCUT2D eigenvalue weighted by Crippen LogP contribution is -1.89. The van der Waals surface area contributed by atoms with Crippen LogP contribution in [0.15, 0.2) is 36.9 Å². The normalized spacial score (nSPS) is 8.33. The van der Waals surface area contributed by atoms with Gasteiger partial charge in [-0.15, -0.1) is 0 Å². The average Bonchev–Trinajstić information content (AvgIpc) is 2.23. The summed E-state index contributed by atoms with van der Waals surface area (Å²) in [6.45, 7) is 5.54. The van der Waals surface area contributed by atoms with Crippen molar-refractivity contribution >= 4 is 5.97 Å². The maximum atomic E-state index is 9.25. The molecule has 1 rings (SSSR count). The van der Waals surface area contributed by atoms with E-state index in [0.717, 1.165) is 11.8 Å². The predicted octanol–water partition coefficient (Wildman–Crippen LogP) is 2.05. The van der Waals surface area contributed by atoms with E-state index >= 15 is 0 Å². The van der Waals surface area contributed by atoms with Gasteiger partial charge in [0.15, 0.2) is 0 Å². The van der Waals surface area contributed by atoms with Crippen molar-refractivity contribution in [2.45, 2.75) is 6.92 Å². The molecule has 4 nitrogen and oxygen atoms in total. The molecule has 1 aromatic carbocycles. The van der Waals surface area contributed by atoms with Crippen LogP contribution < -0.4 is 4.74 Å². The number of ether oxygens (including phenoxy) is 1. The molecule has 2 N–H and O–H groups in total. The lowest BCUT2D eigenvalue weighted by atomic mass is 10.3. The van der Waals surface area contributed by atoms with Gasteiger partial charge in [0.1, 0.15) is 11.5 Å². The molecule has 0 aliphatic heterocycles. The molecule has 0 radical (unpaired) electrons. The van der Waals surface area contributed by atoms with Crippen molar-refractivity contribution in [3.05, 3.63) is 36.9 Å². The summed E-state index contributed by atoms with van der Waals surface area (Å²) in [5, 5.41) is 16.5. The van der Waals surface area contributed by atoms with E-state index in [1.54, 1.807) is 24.3 Å². The Morgan fingerprint density at radius 2 is 1.93 bits per heavy atom. The summed E-state index contributed by atoms with van der Waals surface area (Å²) in [4.78, 5) is 9.25. The SMILES string of the molecule is C=CC(=O)O.CCOc1ccc(O)cc1. The minimum Gasteiger partial charge on any atom is -0.508 e. The van der Waals surface area contributed by atoms with Gasteiger partial charge in [0, 0.05) is 6.08 Å². The van der Waals surface area contributed by atoms with Crippen LogP contribution in [0.1, 0.15) is 6.92 Å². The molecule has 82 valence electrons. The van der Waals surface area contributed by atoms with Crippen molar-refractivity contribution in [3.63, 3.8) is 0 Å². The van der Waals surface area contributed by atoms with E-state index in [2.05, 4.69) is 6.58 Å². The summed E-state index contributed by atoms with van der Waals surface area (Å²) in [5.74, 6) is 0.0775. The highest BCUT2D eigenvalue weighted by Crippen LogP contribution is 2.15. The zero-order valence-corrected chi connectivity index (χ0v) is 8.51. The van der Waals surface area contributed by atoms with Crippen molar-refractivity contribution in [2.24, 2.45) is 0 Å². The third-order valence-electron chi connectivity index (χ3n) is 1.32. The first-order valence-electron chi connectivity index (χ1n) is 4.37. The summed E-state index contributed by atoms with van der Waals surface area (Å²) in [5.41, 5.74) is 0. The maximum Gasteiger partial charge on any atom is 0.327 e. The molecule has 0 aromatic heterocycles. The number of hydrogen-bond donors (Lipinski definition) is 2. The Balaban J connectivity index is 0.000000336. The Morgan fingerprint density at radius 1 is 1.47 bits per heavy atom. The van der Waals surface area contributed by atoms with Crippen LogP contribution >= 0.6 is 0 Å². The van der Waals surface area contributed by atoms with Gasteiger partial charge in [-0.2, -0.15) is 0 Å². The molecule has 1 aromatic rings. The topological polar surface area (TPSA) is 66.8 Å². The van der Waals surface area contributed by atoms with Gasteiger partial charge in [0.05, 0.1) is 6.61 Å². The van der Waals surface area contributed by atoms with Crippen molar-refractivity contribution < 1.29 is 19.7 Å². The predicted molar refractivity (Wildman–Crippen MR) is 57.1 cm³/mol. The first kappa shape index (κ1) is 13.0. The van der Waals surface area contributed by atoms with E-state index in [9.17, 15) is 4.79 Å². The van der Waals surface area contributed by atoms with Crippen LogP contribution in [0.4, 0.5) is 0 Å². The van der Waals surface area contributed by atoms with Gasteiger partial charge in [-0.3, -0.25) is 0 Å². The monoisotopic (exact) mass is 210 g/mol. The number of carbonyl (C=O) groups is 1. The maximum absolute atomic E-state index is 9.25. The molecule has 0 spiro atoms. The van der Waals surface area contributed by atoms with Crippen LogP contribution in [0.5, 0.6) is 11.5 Å². The van der Waals surface area contributed by atoms with E-state index in [1.807, 2.05) is 6.92 Å². The number of phenols is 1. The zero-order valence-electron chi connectivity index (χ0n) is 8.51. The number of carboxylic acids is 1. The van der Waals surface area contributed by atoms with Gasteiger partial charge in [0.2, 0.25) is 0 Å². The lowest BCUT2D eigenvalue weighted by molar-refractivity contribution is -0.131. The second-order valence-corrected chi connectivity index (χ2v) is 2.47. The van der Waals surface area contributed by atoms with E-state index in [4.69, 9.17) is 14.9 Å². The van der Waals surface area contributed by atoms with Gasteiger partial charge in [-0.05, 0) is 31.2 Å². The Labute approximate surface area is 88.4 Å². The minimum atomic E-state index is -0.981. The molecule has 0 amide bonds. The van der Waals surface area contributed by atoms with E-state index in [0.29, 0.717) is 6.61 Å². The molecule has 0 bridgehead atoms. The van der Waals surface area contributed by atoms with Gasteiger partial charge in [0.25, 0.3) is 0 Å². The second kappa shape index (κ2) is 7.44. The smallest absolute Gasteiger partial charge is 0.327 e. The van der Waals surface area contributed by atoms with Crippen molar-refractivity contribution in [1.82, 2.24) is 0 Å². The Kier molecular flexibility index (Phi) is 6.46. The van der Waals surface area contributed by atoms with Crippen molar-refractivity contribution in [1.29, 1.82) is 0 Å². The number of aromatic hydroxyl groups is 1. The number of benzene rings is 1. The minimum absolute atomic E-state index is 0.267. The number of rotatable bonds is 3. The quantitative estimate of drug-likeness (QED) is 0.749. The van der Waals surface area contributed by atoms with Crippen LogP contribution in [0.3, 0.4) is 0 Å². The summed E-state index contributed by atoms with van der Waals surface area (Å²) < 4.78 is 5.15. The largest absolute Gasteiger partial charge is 0.508 e. The third kappa shape index (κ3) is 7.13. The molecule has 0 fully saturated rings. The summed E-state index contributed by atoms with van der Waals surface area (Å²) in [6.07, 6.45) is 0.833. The number of hydrogen-bond acceptors (Lipinski definition) is 3. The van der Waals surface area contributed by atoms with E-state index < -0.39 is 5.97 Å². The summed E-state index contributed by atoms with van der Waals surface area (Å²) in [7, 11) is 0. The lowest BCUT2D eigenvalue weighted by Gasteiger charge is -2.00. The Hall–Kier alpha value is -1.97. The Bertz CT molecular complexity index is 303. The molecule has 0 aliphatic rings. The van der Waals surface area contributed by atoms with Crippen LogP contribution in [-0.4, -0.2) is 22.8 Å². The molecule has 0 heterocycles. The van der Waals surface area contributed by atoms with Crippen molar-refractivity contribution in [3.8, 4) is 11.5 Å². The second-order valence-electron chi connectivity index (χ2n) is 2.47. The fourth-order valence-corrected chi connectivity index (χ4v) is 0.709. The number of phenolic OH excluding ortho intramolecular Hbond substituents is 1. The van der Waals surface area contributed by atoms with E-state index in [-0.39, 0.29) is 5.75 Å². The first-order chi connectivity index (χ1) is 7.10. The van der Waals surface area contributed by atoms with Crippen LogP contribution in [-0.2, 0) is 4.79 Å². The van der Waals surface area contributed by atoms with Gasteiger partial charge in [-0.25, -0.2) is 4.79 Å². The molecule has 0 saturated carbocycles. The zero-order chi connectivity index (χ0) is 11.7. The highest BCUT2D eigenvalue weighted by molar-refractivity contribution is 5.78. The molecular formula is C11H14O4. The number of aliphatic carboxylic acids is 1. The molecule has 15 heavy (non-hydrogen) atoms. The summed E-state index contributed by atoms with van der Waals surface area (Å²) in [6, 6.07) is 6.67. The number of carboxylic acid groups (broad SMARTS) is 1. The van der Waals surface area contributed by atoms with Gasteiger partial charge >= 0.3 is 5.97 Å². The average molecular weight is 210 g/mol. The van der Waals surface area contributed by atoms with Crippen molar-refractivity contribution in [2.75, 3.05) is 6.61 Å². The molecule has 0 atom stereocenters. The standard InChI is InChI=1S/C8H10O2.C3H4O2/c1-2-10-8-5-3-7(9)4-6-8;1-2-3(4)5/h3-6,9H,2H2,1H3;2H,1H2,(H,4,5). The summed E-state index contributed by atoms with van der Waals surface area (Å²) >= 11 is 0. The third-order valence-corrected chi connectivity index (χ3v) is 1.32. The molecule has 0 saturated heterocycles. The molecular weight excluding hydrogens is 196 g/mol. The van der Waals surface area contributed by atoms with Crippen LogP contribution in [0, 0.1) is 0 Å². The first-order valence-corrected chi connectivity index (χ1v) is 4.37. The van der Waals surface area contributed by atoms with Gasteiger partial charge < -0.3 is 14.9 Å². The highest BCUT2D eigenvalue weighted by atomic mass is 16.5. The fourth-order valence-electron chi connectivity index (χ4n) is 0.709. The van der Waals surface area contributed by atoms with Gasteiger partial charge in [-0.1, -0.05) is 6.58 Å². The fraction of sp³-hybridized carbons (Fsp3) is 0.182.